The van der Waals surface area contributed by atoms with Gasteiger partial charge in [-0.05, 0) is 86.0 Å². The van der Waals surface area contributed by atoms with Crippen molar-refractivity contribution in [2.45, 2.75) is 0 Å². The topological polar surface area (TPSA) is 12.9 Å². The number of thiophene rings is 1. The maximum absolute atomic E-state index is 5.07. The minimum atomic E-state index is 0.968. The van der Waals surface area contributed by atoms with Crippen molar-refractivity contribution in [3.8, 4) is 78.1 Å². The van der Waals surface area contributed by atoms with Gasteiger partial charge in [0.05, 0.1) is 11.4 Å². The van der Waals surface area contributed by atoms with Crippen LogP contribution in [-0.2, 0) is 0 Å². The van der Waals surface area contributed by atoms with Gasteiger partial charge in [0.25, 0.3) is 0 Å². The molecule has 0 aliphatic heterocycles. The lowest BCUT2D eigenvalue weighted by molar-refractivity contribution is 1.32. The van der Waals surface area contributed by atoms with E-state index in [0.29, 0.717) is 0 Å². The van der Waals surface area contributed by atoms with Gasteiger partial charge >= 0.3 is 0 Å². The van der Waals surface area contributed by atoms with Crippen LogP contribution in [0.5, 0.6) is 0 Å². The Balaban J connectivity index is 0.916. The molecule has 8 aromatic carbocycles. The number of rotatable bonds is 7. The first-order chi connectivity index (χ1) is 27.2. The molecular weight excluding hydrogens is 683 g/mol. The number of aromatic nitrogens is 1. The fraction of sp³-hybridized carbons (Fsp3) is 0. The lowest BCUT2D eigenvalue weighted by atomic mass is 9.95. The highest BCUT2D eigenvalue weighted by Crippen LogP contribution is 2.41. The molecule has 10 aromatic rings. The van der Waals surface area contributed by atoms with Gasteiger partial charge in [-0.3, -0.25) is 0 Å². The minimum absolute atomic E-state index is 0.968. The molecule has 0 unspecified atom stereocenters. The van der Waals surface area contributed by atoms with Gasteiger partial charge in [-0.1, -0.05) is 182 Å². The Kier molecular flexibility index (Phi) is 8.44. The average Bonchev–Trinajstić information content (AvgIpc) is 3.66. The molecule has 2 aromatic heterocycles. The molecular formula is C53H35NS. The van der Waals surface area contributed by atoms with Crippen molar-refractivity contribution in [2.75, 3.05) is 0 Å². The van der Waals surface area contributed by atoms with Crippen LogP contribution in [0.4, 0.5) is 0 Å². The van der Waals surface area contributed by atoms with E-state index in [1.807, 2.05) is 23.5 Å². The van der Waals surface area contributed by atoms with Gasteiger partial charge in [0.2, 0.25) is 0 Å². The molecule has 258 valence electrons. The second kappa shape index (κ2) is 14.2. The zero-order valence-corrected chi connectivity index (χ0v) is 30.9. The molecule has 0 aliphatic carbocycles. The smallest absolute Gasteiger partial charge is 0.0715 e. The lowest BCUT2D eigenvalue weighted by Gasteiger charge is -2.12. The Morgan fingerprint density at radius 2 is 0.691 bits per heavy atom. The molecule has 0 amide bonds. The highest BCUT2D eigenvalue weighted by atomic mass is 32.1. The fourth-order valence-electron chi connectivity index (χ4n) is 7.64. The van der Waals surface area contributed by atoms with Crippen LogP contribution >= 0.6 is 11.3 Å². The Bertz CT molecular complexity index is 2880. The van der Waals surface area contributed by atoms with Crippen molar-refractivity contribution in [1.82, 2.24) is 4.98 Å². The maximum atomic E-state index is 5.07. The average molecular weight is 718 g/mol. The summed E-state index contributed by atoms with van der Waals surface area (Å²) in [6.45, 7) is 0. The number of nitrogens with zero attached hydrogens (tertiary/aromatic N) is 1. The third-order valence-corrected chi connectivity index (χ3v) is 11.7. The summed E-state index contributed by atoms with van der Waals surface area (Å²) < 4.78 is 2.68. The van der Waals surface area contributed by atoms with Crippen molar-refractivity contribution in [3.05, 3.63) is 212 Å². The third-order valence-electron chi connectivity index (χ3n) is 10.5. The number of fused-ring (bicyclic) bond motifs is 3. The van der Waals surface area contributed by atoms with E-state index in [9.17, 15) is 0 Å². The number of hydrogen-bond acceptors (Lipinski definition) is 2. The summed E-state index contributed by atoms with van der Waals surface area (Å²) in [5.41, 5.74) is 16.2. The van der Waals surface area contributed by atoms with Crippen LogP contribution in [0.2, 0.25) is 0 Å². The molecule has 0 N–H and O–H groups in total. The first-order valence-corrected chi connectivity index (χ1v) is 19.5. The Morgan fingerprint density at radius 1 is 0.273 bits per heavy atom. The summed E-state index contributed by atoms with van der Waals surface area (Å²) in [7, 11) is 0. The SMILES string of the molecule is c1ccc(-c2cc(-c3cccc(-c4ccc(-c5ccc(-c6cccc(-c7cccc8c7sc7ccccc78)c6)cc5)cc4)c3)cc(-c3ccccc3)n2)cc1. The molecule has 0 saturated heterocycles. The largest absolute Gasteiger partial charge is 0.248 e. The quantitative estimate of drug-likeness (QED) is 0.160. The van der Waals surface area contributed by atoms with E-state index in [4.69, 9.17) is 4.98 Å². The molecule has 10 rings (SSSR count). The van der Waals surface area contributed by atoms with Crippen LogP contribution < -0.4 is 0 Å². The number of hydrogen-bond donors (Lipinski definition) is 0. The highest BCUT2D eigenvalue weighted by molar-refractivity contribution is 7.26. The fourth-order valence-corrected chi connectivity index (χ4v) is 8.88. The van der Waals surface area contributed by atoms with E-state index in [0.717, 1.165) is 28.1 Å². The van der Waals surface area contributed by atoms with Crippen LogP contribution in [0, 0.1) is 0 Å². The van der Waals surface area contributed by atoms with E-state index in [1.165, 1.54) is 70.2 Å². The first-order valence-electron chi connectivity index (χ1n) is 18.7. The Hall–Kier alpha value is -6.87. The van der Waals surface area contributed by atoms with Crippen LogP contribution in [0.15, 0.2) is 212 Å². The van der Waals surface area contributed by atoms with Crippen LogP contribution in [0.25, 0.3) is 98.3 Å². The van der Waals surface area contributed by atoms with E-state index >= 15 is 0 Å². The zero-order valence-electron chi connectivity index (χ0n) is 30.1. The second-order valence-electron chi connectivity index (χ2n) is 14.0. The summed E-state index contributed by atoms with van der Waals surface area (Å²) in [6.07, 6.45) is 0. The van der Waals surface area contributed by atoms with Crippen LogP contribution in [-0.4, -0.2) is 4.98 Å². The van der Waals surface area contributed by atoms with Gasteiger partial charge in [0, 0.05) is 31.3 Å². The number of pyridine rings is 1. The molecule has 0 spiro atoms. The maximum Gasteiger partial charge on any atom is 0.0715 e. The van der Waals surface area contributed by atoms with Crippen LogP contribution in [0.1, 0.15) is 0 Å². The summed E-state index contributed by atoms with van der Waals surface area (Å²) in [5, 5.41) is 2.66. The van der Waals surface area contributed by atoms with Gasteiger partial charge in [0.1, 0.15) is 0 Å². The lowest BCUT2D eigenvalue weighted by Crippen LogP contribution is -1.91. The van der Waals surface area contributed by atoms with Gasteiger partial charge in [-0.2, -0.15) is 0 Å². The van der Waals surface area contributed by atoms with Crippen molar-refractivity contribution in [3.63, 3.8) is 0 Å². The van der Waals surface area contributed by atoms with E-state index in [-0.39, 0.29) is 0 Å². The van der Waals surface area contributed by atoms with Crippen molar-refractivity contribution >= 4 is 31.5 Å². The molecule has 0 aliphatic rings. The molecule has 0 saturated carbocycles. The van der Waals surface area contributed by atoms with Gasteiger partial charge in [-0.25, -0.2) is 4.98 Å². The van der Waals surface area contributed by atoms with E-state index < -0.39 is 0 Å². The second-order valence-corrected chi connectivity index (χ2v) is 15.0. The molecule has 2 heteroatoms. The summed E-state index contributed by atoms with van der Waals surface area (Å²) >= 11 is 1.88. The van der Waals surface area contributed by atoms with Crippen molar-refractivity contribution in [1.29, 1.82) is 0 Å². The summed E-state index contributed by atoms with van der Waals surface area (Å²) in [5.74, 6) is 0. The van der Waals surface area contributed by atoms with Gasteiger partial charge in [0.15, 0.2) is 0 Å². The third kappa shape index (κ3) is 6.44. The molecule has 0 bridgehead atoms. The number of benzene rings is 8. The predicted octanol–water partition coefficient (Wildman–Crippen LogP) is 15.1. The zero-order chi connectivity index (χ0) is 36.6. The van der Waals surface area contributed by atoms with Gasteiger partial charge in [-0.15, -0.1) is 11.3 Å². The molecule has 0 radical (unpaired) electrons. The summed E-state index contributed by atoms with van der Waals surface area (Å²) in [4.78, 5) is 5.07. The molecule has 0 fully saturated rings. The molecule has 2 heterocycles. The first kappa shape index (κ1) is 32.8. The van der Waals surface area contributed by atoms with Crippen molar-refractivity contribution < 1.29 is 0 Å². The molecule has 55 heavy (non-hydrogen) atoms. The van der Waals surface area contributed by atoms with E-state index in [2.05, 4.69) is 200 Å². The summed E-state index contributed by atoms with van der Waals surface area (Å²) in [6, 6.07) is 76.3. The highest BCUT2D eigenvalue weighted by Gasteiger charge is 2.13. The predicted molar refractivity (Wildman–Crippen MR) is 235 cm³/mol. The van der Waals surface area contributed by atoms with E-state index in [1.54, 1.807) is 0 Å². The van der Waals surface area contributed by atoms with Crippen molar-refractivity contribution in [2.24, 2.45) is 0 Å². The monoisotopic (exact) mass is 717 g/mol. The van der Waals surface area contributed by atoms with Gasteiger partial charge < -0.3 is 0 Å². The Morgan fingerprint density at radius 3 is 1.27 bits per heavy atom. The molecule has 0 atom stereocenters. The standard InChI is InChI=1S/C53H35NS/c1-3-12-40(13-4-1)50-34-46(35-51(54-50)41-14-5-2-6-15-41)44-18-9-16-42(32-44)38-28-24-36(25-29-38)37-26-30-39(31-27-37)43-17-10-19-45(33-43)47-21-11-22-49-48-20-7-8-23-52(48)55-53(47)49/h1-35H. The Labute approximate surface area is 325 Å². The van der Waals surface area contributed by atoms with Crippen LogP contribution in [0.3, 0.4) is 0 Å². The molecule has 1 nitrogen and oxygen atoms in total. The normalized spacial score (nSPS) is 11.3. The minimum Gasteiger partial charge on any atom is -0.248 e.